The molecule has 0 aromatic heterocycles. The molecular formula is C12H20BrNO. The number of hydrogen-bond donors (Lipinski definition) is 0. The zero-order chi connectivity index (χ0) is 10.8. The van der Waals surface area contributed by atoms with Gasteiger partial charge in [0.05, 0.1) is 0 Å². The highest BCUT2D eigenvalue weighted by Gasteiger charge is 2.42. The summed E-state index contributed by atoms with van der Waals surface area (Å²) in [7, 11) is 0. The Kier molecular flexibility index (Phi) is 3.70. The van der Waals surface area contributed by atoms with E-state index in [9.17, 15) is 4.79 Å². The SMILES string of the molecule is CC1CC1C(=O)N1CCCCCC1CBr. The molecule has 0 bridgehead atoms. The van der Waals surface area contributed by atoms with Gasteiger partial charge in [-0.2, -0.15) is 0 Å². The van der Waals surface area contributed by atoms with E-state index in [0.717, 1.165) is 18.3 Å². The molecule has 3 unspecified atom stereocenters. The molecule has 1 heterocycles. The first-order valence-corrected chi connectivity index (χ1v) is 7.22. The van der Waals surface area contributed by atoms with Gasteiger partial charge in [0.2, 0.25) is 5.91 Å². The monoisotopic (exact) mass is 273 g/mol. The fourth-order valence-electron chi connectivity index (χ4n) is 2.51. The van der Waals surface area contributed by atoms with Crippen LogP contribution in [0.1, 0.15) is 39.0 Å². The van der Waals surface area contributed by atoms with Crippen molar-refractivity contribution in [1.82, 2.24) is 4.90 Å². The fourth-order valence-corrected chi connectivity index (χ4v) is 3.18. The van der Waals surface area contributed by atoms with Crippen molar-refractivity contribution in [2.45, 2.75) is 45.1 Å². The highest BCUT2D eigenvalue weighted by molar-refractivity contribution is 9.09. The predicted octanol–water partition coefficient (Wildman–Crippen LogP) is 2.81. The third-order valence-corrected chi connectivity index (χ3v) is 4.51. The molecular weight excluding hydrogens is 254 g/mol. The Labute approximate surface area is 101 Å². The van der Waals surface area contributed by atoms with Crippen LogP contribution in [-0.2, 0) is 4.79 Å². The van der Waals surface area contributed by atoms with Crippen molar-refractivity contribution in [3.8, 4) is 0 Å². The van der Waals surface area contributed by atoms with Gasteiger partial charge < -0.3 is 4.90 Å². The lowest BCUT2D eigenvalue weighted by Crippen LogP contribution is -2.42. The van der Waals surface area contributed by atoms with Crippen LogP contribution in [0.5, 0.6) is 0 Å². The molecule has 3 atom stereocenters. The minimum Gasteiger partial charge on any atom is -0.339 e. The molecule has 0 aromatic rings. The van der Waals surface area contributed by atoms with E-state index in [1.54, 1.807) is 0 Å². The van der Waals surface area contributed by atoms with Crippen LogP contribution in [0.4, 0.5) is 0 Å². The van der Waals surface area contributed by atoms with E-state index in [-0.39, 0.29) is 0 Å². The van der Waals surface area contributed by atoms with Crippen molar-refractivity contribution in [2.24, 2.45) is 11.8 Å². The molecule has 1 saturated heterocycles. The van der Waals surface area contributed by atoms with Crippen molar-refractivity contribution in [3.63, 3.8) is 0 Å². The molecule has 1 aliphatic carbocycles. The van der Waals surface area contributed by atoms with Crippen LogP contribution >= 0.6 is 15.9 Å². The molecule has 0 radical (unpaired) electrons. The lowest BCUT2D eigenvalue weighted by molar-refractivity contribution is -0.134. The number of amides is 1. The van der Waals surface area contributed by atoms with Crippen LogP contribution < -0.4 is 0 Å². The predicted molar refractivity (Wildman–Crippen MR) is 65.0 cm³/mol. The van der Waals surface area contributed by atoms with E-state index >= 15 is 0 Å². The average molecular weight is 274 g/mol. The number of nitrogens with zero attached hydrogens (tertiary/aromatic N) is 1. The first-order chi connectivity index (χ1) is 7.24. The van der Waals surface area contributed by atoms with Crippen LogP contribution in [0.25, 0.3) is 0 Å². The Bertz CT molecular complexity index is 244. The van der Waals surface area contributed by atoms with E-state index in [1.807, 2.05) is 0 Å². The number of rotatable bonds is 2. The van der Waals surface area contributed by atoms with Crippen LogP contribution in [0.2, 0.25) is 0 Å². The van der Waals surface area contributed by atoms with Gasteiger partial charge in [0.1, 0.15) is 0 Å². The highest BCUT2D eigenvalue weighted by atomic mass is 79.9. The van der Waals surface area contributed by atoms with Gasteiger partial charge in [-0.15, -0.1) is 0 Å². The molecule has 86 valence electrons. The third-order valence-electron chi connectivity index (χ3n) is 3.77. The van der Waals surface area contributed by atoms with Gasteiger partial charge in [-0.25, -0.2) is 0 Å². The second-order valence-electron chi connectivity index (χ2n) is 5.01. The summed E-state index contributed by atoms with van der Waals surface area (Å²) in [5.41, 5.74) is 0. The molecule has 1 amide bonds. The van der Waals surface area contributed by atoms with Crippen molar-refractivity contribution in [3.05, 3.63) is 0 Å². The quantitative estimate of drug-likeness (QED) is 0.709. The molecule has 2 rings (SSSR count). The Morgan fingerprint density at radius 3 is 2.73 bits per heavy atom. The average Bonchev–Trinajstić information content (AvgIpc) is 2.99. The highest BCUT2D eigenvalue weighted by Crippen LogP contribution is 2.40. The maximum Gasteiger partial charge on any atom is 0.226 e. The van der Waals surface area contributed by atoms with Gasteiger partial charge in [-0.3, -0.25) is 4.79 Å². The molecule has 0 spiro atoms. The van der Waals surface area contributed by atoms with Crippen molar-refractivity contribution >= 4 is 21.8 Å². The summed E-state index contributed by atoms with van der Waals surface area (Å²) >= 11 is 3.55. The lowest BCUT2D eigenvalue weighted by atomic mass is 10.1. The minimum atomic E-state index is 0.352. The van der Waals surface area contributed by atoms with Gasteiger partial charge in [0.25, 0.3) is 0 Å². The van der Waals surface area contributed by atoms with E-state index in [1.165, 1.54) is 25.7 Å². The number of carbonyl (C=O) groups is 1. The Morgan fingerprint density at radius 2 is 2.13 bits per heavy atom. The minimum absolute atomic E-state index is 0.352. The summed E-state index contributed by atoms with van der Waals surface area (Å²) in [6.07, 6.45) is 6.05. The number of carbonyl (C=O) groups excluding carboxylic acids is 1. The van der Waals surface area contributed by atoms with Gasteiger partial charge in [-0.1, -0.05) is 35.7 Å². The maximum absolute atomic E-state index is 12.2. The summed E-state index contributed by atoms with van der Waals surface area (Å²) in [6, 6.07) is 0.452. The molecule has 1 aliphatic heterocycles. The molecule has 0 aromatic carbocycles. The van der Waals surface area contributed by atoms with Crippen LogP contribution in [0.15, 0.2) is 0 Å². The van der Waals surface area contributed by atoms with Gasteiger partial charge >= 0.3 is 0 Å². The fraction of sp³-hybridized carbons (Fsp3) is 0.917. The van der Waals surface area contributed by atoms with Gasteiger partial charge in [-0.05, 0) is 25.2 Å². The Hall–Kier alpha value is -0.0500. The van der Waals surface area contributed by atoms with Crippen LogP contribution in [0, 0.1) is 11.8 Å². The number of alkyl halides is 1. The largest absolute Gasteiger partial charge is 0.339 e. The molecule has 15 heavy (non-hydrogen) atoms. The van der Waals surface area contributed by atoms with Gasteiger partial charge in [0.15, 0.2) is 0 Å². The van der Waals surface area contributed by atoms with E-state index in [2.05, 4.69) is 27.8 Å². The standard InChI is InChI=1S/C12H20BrNO/c1-9-7-11(9)12(15)14-6-4-2-3-5-10(14)8-13/h9-11H,2-8H2,1H3. The van der Waals surface area contributed by atoms with E-state index in [0.29, 0.717) is 23.8 Å². The molecule has 0 N–H and O–H groups in total. The third kappa shape index (κ3) is 2.55. The summed E-state index contributed by atoms with van der Waals surface area (Å²) in [6.45, 7) is 3.17. The summed E-state index contributed by atoms with van der Waals surface area (Å²) < 4.78 is 0. The zero-order valence-electron chi connectivity index (χ0n) is 9.42. The first kappa shape index (κ1) is 11.4. The maximum atomic E-state index is 12.2. The Morgan fingerprint density at radius 1 is 1.40 bits per heavy atom. The second kappa shape index (κ2) is 4.86. The number of likely N-dealkylation sites (tertiary alicyclic amines) is 1. The van der Waals surface area contributed by atoms with Crippen molar-refractivity contribution in [1.29, 1.82) is 0 Å². The molecule has 3 heteroatoms. The first-order valence-electron chi connectivity index (χ1n) is 6.10. The van der Waals surface area contributed by atoms with Crippen LogP contribution in [-0.4, -0.2) is 28.7 Å². The molecule has 1 saturated carbocycles. The lowest BCUT2D eigenvalue weighted by Gasteiger charge is -2.29. The molecule has 2 fully saturated rings. The molecule has 2 aliphatic rings. The molecule has 2 nitrogen and oxygen atoms in total. The summed E-state index contributed by atoms with van der Waals surface area (Å²) in [5, 5.41) is 0.944. The smallest absolute Gasteiger partial charge is 0.226 e. The summed E-state index contributed by atoms with van der Waals surface area (Å²) in [4.78, 5) is 14.3. The van der Waals surface area contributed by atoms with E-state index in [4.69, 9.17) is 0 Å². The van der Waals surface area contributed by atoms with E-state index < -0.39 is 0 Å². The summed E-state index contributed by atoms with van der Waals surface area (Å²) in [5.74, 6) is 1.41. The van der Waals surface area contributed by atoms with Crippen molar-refractivity contribution in [2.75, 3.05) is 11.9 Å². The topological polar surface area (TPSA) is 20.3 Å². The Balaban J connectivity index is 1.99. The normalized spacial score (nSPS) is 36.1. The van der Waals surface area contributed by atoms with Gasteiger partial charge in [0, 0.05) is 23.8 Å². The van der Waals surface area contributed by atoms with Crippen molar-refractivity contribution < 1.29 is 4.79 Å². The number of halogens is 1. The number of hydrogen-bond acceptors (Lipinski definition) is 1. The second-order valence-corrected chi connectivity index (χ2v) is 5.66. The zero-order valence-corrected chi connectivity index (χ0v) is 11.0. The van der Waals surface area contributed by atoms with Crippen LogP contribution in [0.3, 0.4) is 0 Å².